The lowest BCUT2D eigenvalue weighted by Gasteiger charge is -2.15. The van der Waals surface area contributed by atoms with Crippen LogP contribution in [0.3, 0.4) is 0 Å². The molecule has 1 aliphatic heterocycles. The molecule has 5 nitrogen and oxygen atoms in total. The van der Waals surface area contributed by atoms with E-state index in [1.54, 1.807) is 0 Å². The van der Waals surface area contributed by atoms with Crippen molar-refractivity contribution in [3.05, 3.63) is 10.6 Å². The molecule has 0 bridgehead atoms. The lowest BCUT2D eigenvalue weighted by Crippen LogP contribution is -2.20. The smallest absolute Gasteiger partial charge is 0.358 e. The Kier molecular flexibility index (Phi) is 3.50. The van der Waals surface area contributed by atoms with Gasteiger partial charge in [0.1, 0.15) is 4.88 Å². The quantitative estimate of drug-likeness (QED) is 0.632. The standard InChI is InChI=1S/C14H18N2O3S/c1-8(17)12-11(13(18)19-2)15-14(20-12)16-6-9-4-3-5-10(9)7-16/h9-10H,3-7H2,1-2H3. The third-order valence-corrected chi connectivity index (χ3v) is 5.53. The molecule has 1 saturated carbocycles. The number of thiazole rings is 1. The summed E-state index contributed by atoms with van der Waals surface area (Å²) in [5.41, 5.74) is 0.164. The summed E-state index contributed by atoms with van der Waals surface area (Å²) in [5, 5.41) is 0.782. The van der Waals surface area contributed by atoms with Gasteiger partial charge in [-0.15, -0.1) is 0 Å². The number of Topliss-reactive ketones (excluding diaryl/α,β-unsaturated/α-hetero) is 1. The van der Waals surface area contributed by atoms with Crippen LogP contribution in [0.25, 0.3) is 0 Å². The molecule has 1 aromatic rings. The zero-order chi connectivity index (χ0) is 14.3. The highest BCUT2D eigenvalue weighted by molar-refractivity contribution is 7.17. The number of hydrogen-bond donors (Lipinski definition) is 0. The fourth-order valence-electron chi connectivity index (χ4n) is 3.31. The number of fused-ring (bicyclic) bond motifs is 1. The van der Waals surface area contributed by atoms with E-state index in [9.17, 15) is 9.59 Å². The van der Waals surface area contributed by atoms with Crippen molar-refractivity contribution >= 4 is 28.2 Å². The van der Waals surface area contributed by atoms with Crippen LogP contribution in [0.2, 0.25) is 0 Å². The SMILES string of the molecule is COC(=O)c1nc(N2CC3CCCC3C2)sc1C(C)=O. The number of esters is 1. The Morgan fingerprint density at radius 2 is 1.95 bits per heavy atom. The Morgan fingerprint density at radius 1 is 1.30 bits per heavy atom. The number of ketones is 1. The summed E-state index contributed by atoms with van der Waals surface area (Å²) in [7, 11) is 1.31. The van der Waals surface area contributed by atoms with Gasteiger partial charge in [-0.2, -0.15) is 0 Å². The molecule has 2 atom stereocenters. The number of rotatable bonds is 3. The zero-order valence-corrected chi connectivity index (χ0v) is 12.5. The second-order valence-corrected chi connectivity index (χ2v) is 6.56. The first-order valence-corrected chi connectivity index (χ1v) is 7.76. The van der Waals surface area contributed by atoms with E-state index in [1.165, 1.54) is 44.6 Å². The van der Waals surface area contributed by atoms with Crippen molar-refractivity contribution in [3.63, 3.8) is 0 Å². The molecule has 0 amide bonds. The summed E-state index contributed by atoms with van der Waals surface area (Å²) in [5.74, 6) is 0.841. The average Bonchev–Trinajstić information content (AvgIpc) is 3.09. The van der Waals surface area contributed by atoms with Crippen LogP contribution in [0.1, 0.15) is 46.3 Å². The summed E-state index contributed by atoms with van der Waals surface area (Å²) < 4.78 is 4.71. The minimum absolute atomic E-state index is 0.131. The van der Waals surface area contributed by atoms with Gasteiger partial charge in [0.05, 0.1) is 7.11 Å². The Morgan fingerprint density at radius 3 is 2.50 bits per heavy atom. The molecular formula is C14H18N2O3S. The molecule has 2 aliphatic rings. The van der Waals surface area contributed by atoms with Gasteiger partial charge in [-0.3, -0.25) is 4.79 Å². The number of carbonyl (C=O) groups excluding carboxylic acids is 2. The Bertz CT molecular complexity index is 543. The zero-order valence-electron chi connectivity index (χ0n) is 11.7. The highest BCUT2D eigenvalue weighted by Gasteiger charge is 2.37. The number of nitrogens with zero attached hydrogens (tertiary/aromatic N) is 2. The van der Waals surface area contributed by atoms with Gasteiger partial charge in [0, 0.05) is 20.0 Å². The number of hydrogen-bond acceptors (Lipinski definition) is 6. The van der Waals surface area contributed by atoms with E-state index in [0.717, 1.165) is 30.1 Å². The minimum atomic E-state index is -0.530. The number of ether oxygens (including phenoxy) is 1. The Balaban J connectivity index is 1.87. The van der Waals surface area contributed by atoms with Crippen LogP contribution < -0.4 is 4.90 Å². The van der Waals surface area contributed by atoms with Gasteiger partial charge >= 0.3 is 5.97 Å². The van der Waals surface area contributed by atoms with Gasteiger partial charge in [-0.1, -0.05) is 17.8 Å². The number of methoxy groups -OCH3 is 1. The molecule has 1 aliphatic carbocycles. The predicted molar refractivity (Wildman–Crippen MR) is 76.5 cm³/mol. The molecule has 0 N–H and O–H groups in total. The van der Waals surface area contributed by atoms with E-state index in [0.29, 0.717) is 4.88 Å². The molecule has 0 aromatic carbocycles. The van der Waals surface area contributed by atoms with E-state index in [1.807, 2.05) is 0 Å². The fourth-order valence-corrected chi connectivity index (χ4v) is 4.28. The van der Waals surface area contributed by atoms with Crippen molar-refractivity contribution in [1.29, 1.82) is 0 Å². The van der Waals surface area contributed by atoms with Crippen molar-refractivity contribution in [1.82, 2.24) is 4.98 Å². The minimum Gasteiger partial charge on any atom is -0.464 e. The van der Waals surface area contributed by atoms with Gasteiger partial charge in [0.15, 0.2) is 16.6 Å². The lowest BCUT2D eigenvalue weighted by atomic mass is 10.0. The predicted octanol–water partition coefficient (Wildman–Crippen LogP) is 2.37. The lowest BCUT2D eigenvalue weighted by molar-refractivity contribution is 0.0591. The molecule has 20 heavy (non-hydrogen) atoms. The van der Waals surface area contributed by atoms with Gasteiger partial charge in [-0.25, -0.2) is 9.78 Å². The topological polar surface area (TPSA) is 59.5 Å². The molecule has 0 spiro atoms. The highest BCUT2D eigenvalue weighted by Crippen LogP contribution is 2.41. The van der Waals surface area contributed by atoms with Gasteiger partial charge < -0.3 is 9.64 Å². The highest BCUT2D eigenvalue weighted by atomic mass is 32.1. The first-order chi connectivity index (χ1) is 9.60. The van der Waals surface area contributed by atoms with E-state index in [4.69, 9.17) is 4.74 Å². The van der Waals surface area contributed by atoms with Crippen molar-refractivity contribution < 1.29 is 14.3 Å². The van der Waals surface area contributed by atoms with E-state index < -0.39 is 5.97 Å². The Labute approximate surface area is 121 Å². The van der Waals surface area contributed by atoms with Gasteiger partial charge in [0.25, 0.3) is 0 Å². The molecule has 0 radical (unpaired) electrons. The summed E-state index contributed by atoms with van der Waals surface area (Å²) in [6.45, 7) is 3.45. The molecular weight excluding hydrogens is 276 g/mol. The summed E-state index contributed by atoms with van der Waals surface area (Å²) in [6, 6.07) is 0. The molecule has 6 heteroatoms. The monoisotopic (exact) mass is 294 g/mol. The number of aromatic nitrogens is 1. The molecule has 1 saturated heterocycles. The van der Waals surface area contributed by atoms with E-state index >= 15 is 0 Å². The fraction of sp³-hybridized carbons (Fsp3) is 0.643. The number of anilines is 1. The van der Waals surface area contributed by atoms with Crippen molar-refractivity contribution in [2.24, 2.45) is 11.8 Å². The van der Waals surface area contributed by atoms with Crippen LogP contribution in [-0.4, -0.2) is 36.9 Å². The molecule has 2 heterocycles. The van der Waals surface area contributed by atoms with Gasteiger partial charge in [0.2, 0.25) is 0 Å². The first kappa shape index (κ1) is 13.5. The van der Waals surface area contributed by atoms with E-state index in [-0.39, 0.29) is 11.5 Å². The van der Waals surface area contributed by atoms with Crippen LogP contribution in [0, 0.1) is 11.8 Å². The average molecular weight is 294 g/mol. The van der Waals surface area contributed by atoms with Crippen molar-refractivity contribution in [3.8, 4) is 0 Å². The van der Waals surface area contributed by atoms with Crippen LogP contribution in [0.15, 0.2) is 0 Å². The van der Waals surface area contributed by atoms with Crippen LogP contribution in [0.5, 0.6) is 0 Å². The second kappa shape index (κ2) is 5.16. The molecule has 1 aromatic heterocycles. The van der Waals surface area contributed by atoms with Crippen LogP contribution in [0.4, 0.5) is 5.13 Å². The van der Waals surface area contributed by atoms with Crippen molar-refractivity contribution in [2.45, 2.75) is 26.2 Å². The maximum Gasteiger partial charge on any atom is 0.358 e. The summed E-state index contributed by atoms with van der Waals surface area (Å²) in [4.78, 5) is 30.4. The normalized spacial score (nSPS) is 24.8. The van der Waals surface area contributed by atoms with Gasteiger partial charge in [-0.05, 0) is 24.7 Å². The third kappa shape index (κ3) is 2.22. The largest absolute Gasteiger partial charge is 0.464 e. The molecule has 2 unspecified atom stereocenters. The van der Waals surface area contributed by atoms with Crippen LogP contribution in [-0.2, 0) is 4.74 Å². The second-order valence-electron chi connectivity index (χ2n) is 5.58. The first-order valence-electron chi connectivity index (χ1n) is 6.95. The maximum atomic E-state index is 11.7. The summed E-state index contributed by atoms with van der Waals surface area (Å²) >= 11 is 1.31. The summed E-state index contributed by atoms with van der Waals surface area (Å²) in [6.07, 6.45) is 3.90. The van der Waals surface area contributed by atoms with Crippen molar-refractivity contribution in [2.75, 3.05) is 25.1 Å². The number of carbonyl (C=O) groups is 2. The molecule has 108 valence electrons. The molecule has 2 fully saturated rings. The maximum absolute atomic E-state index is 11.7. The van der Waals surface area contributed by atoms with E-state index in [2.05, 4.69) is 9.88 Å². The third-order valence-electron chi connectivity index (χ3n) is 4.31. The van der Waals surface area contributed by atoms with Crippen LogP contribution >= 0.6 is 11.3 Å². The molecule has 3 rings (SSSR count). The Hall–Kier alpha value is -1.43.